The Kier molecular flexibility index (Phi) is 4.04. The highest BCUT2D eigenvalue weighted by Gasteiger charge is 2.22. The quantitative estimate of drug-likeness (QED) is 0.654. The van der Waals surface area contributed by atoms with Crippen LogP contribution in [0.4, 0.5) is 5.69 Å². The van der Waals surface area contributed by atoms with Crippen LogP contribution in [-0.4, -0.2) is 15.5 Å². The summed E-state index contributed by atoms with van der Waals surface area (Å²) in [6.07, 6.45) is 1.40. The number of anilines is 1. The number of nitrogens with one attached hydrogen (secondary N) is 1. The molecule has 0 aliphatic rings. The summed E-state index contributed by atoms with van der Waals surface area (Å²) in [5.74, 6) is 6.38. The fourth-order valence-corrected chi connectivity index (χ4v) is 3.23. The lowest BCUT2D eigenvalue weighted by atomic mass is 10.2. The van der Waals surface area contributed by atoms with Gasteiger partial charge in [0.2, 0.25) is 11.9 Å². The second-order valence-electron chi connectivity index (χ2n) is 4.70. The fraction of sp³-hybridized carbons (Fsp3) is 0.214. The number of sulfonamides is 1. The van der Waals surface area contributed by atoms with Crippen molar-refractivity contribution < 1.29 is 17.8 Å². The minimum absolute atomic E-state index is 0.145. The molecule has 2 aromatic rings. The van der Waals surface area contributed by atoms with Gasteiger partial charge in [-0.05, 0) is 36.8 Å². The first-order valence-corrected chi connectivity index (χ1v) is 7.76. The van der Waals surface area contributed by atoms with E-state index in [4.69, 9.17) is 10.6 Å². The number of benzene rings is 1. The first kappa shape index (κ1) is 15.1. The molecule has 7 heteroatoms. The molecule has 0 radical (unpaired) electrons. The van der Waals surface area contributed by atoms with Crippen molar-refractivity contribution in [3.63, 3.8) is 0 Å². The highest BCUT2D eigenvalue weighted by molar-refractivity contribution is 7.92. The third-order valence-electron chi connectivity index (χ3n) is 3.11. The number of hydrogen-bond acceptors (Lipinski definition) is 4. The number of pyridine rings is 1. The van der Waals surface area contributed by atoms with Crippen molar-refractivity contribution >= 4 is 15.7 Å². The highest BCUT2D eigenvalue weighted by atomic mass is 32.2. The number of aromatic nitrogens is 1. The van der Waals surface area contributed by atoms with Gasteiger partial charge in [-0.1, -0.05) is 4.68 Å². The topological polar surface area (TPSA) is 85.3 Å². The van der Waals surface area contributed by atoms with E-state index in [0.717, 1.165) is 5.69 Å². The van der Waals surface area contributed by atoms with Crippen LogP contribution in [0.2, 0.25) is 0 Å². The Morgan fingerprint density at radius 3 is 2.38 bits per heavy atom. The number of rotatable bonds is 4. The molecule has 21 heavy (non-hydrogen) atoms. The first-order valence-electron chi connectivity index (χ1n) is 6.28. The van der Waals surface area contributed by atoms with Crippen molar-refractivity contribution in [3.8, 4) is 5.75 Å². The second-order valence-corrected chi connectivity index (χ2v) is 6.35. The number of nitrogens with two attached hydrogens (primary N) is 1. The van der Waals surface area contributed by atoms with E-state index in [1.165, 1.54) is 10.9 Å². The van der Waals surface area contributed by atoms with Crippen molar-refractivity contribution in [3.05, 3.63) is 47.8 Å². The number of ether oxygens (including phenoxy) is 1. The number of methoxy groups -OCH3 is 1. The monoisotopic (exact) mass is 308 g/mol. The smallest absolute Gasteiger partial charge is 0.268 e. The largest absolute Gasteiger partial charge is 0.497 e. The van der Waals surface area contributed by atoms with Gasteiger partial charge in [-0.3, -0.25) is 4.72 Å². The van der Waals surface area contributed by atoms with Gasteiger partial charge in [-0.15, -0.1) is 0 Å². The molecule has 0 fully saturated rings. The normalized spacial score (nSPS) is 11.2. The Balaban J connectivity index is 2.35. The third-order valence-corrected chi connectivity index (χ3v) is 4.62. The van der Waals surface area contributed by atoms with Gasteiger partial charge in [0.25, 0.3) is 10.0 Å². The molecule has 0 bridgehead atoms. The Hall–Kier alpha value is -2.28. The van der Waals surface area contributed by atoms with E-state index >= 15 is 0 Å². The molecule has 0 spiro atoms. The van der Waals surface area contributed by atoms with Crippen molar-refractivity contribution in [1.82, 2.24) is 0 Å². The standard InChI is InChI=1S/C14H18N3O3S/c1-10-8-11(2)17(15)9-14(10)21(18,19)16-12-4-6-13(20-3)7-5-12/h4-9,16H,15H2,1-3H3/q+1. The maximum atomic E-state index is 12.4. The molecule has 6 nitrogen and oxygen atoms in total. The summed E-state index contributed by atoms with van der Waals surface area (Å²) in [4.78, 5) is 0.145. The zero-order valence-corrected chi connectivity index (χ0v) is 12.9. The van der Waals surface area contributed by atoms with Gasteiger partial charge in [0, 0.05) is 18.7 Å². The molecule has 1 aromatic carbocycles. The predicted molar refractivity (Wildman–Crippen MR) is 80.1 cm³/mol. The minimum atomic E-state index is -3.69. The highest BCUT2D eigenvalue weighted by Crippen LogP contribution is 2.20. The van der Waals surface area contributed by atoms with E-state index in [-0.39, 0.29) is 4.90 Å². The zero-order chi connectivity index (χ0) is 15.6. The van der Waals surface area contributed by atoms with E-state index in [1.807, 2.05) is 0 Å². The number of nitrogens with zero attached hydrogens (tertiary/aromatic N) is 1. The number of nitrogen functional groups attached to an aromatic ring is 1. The van der Waals surface area contributed by atoms with Crippen LogP contribution in [-0.2, 0) is 10.0 Å². The summed E-state index contributed by atoms with van der Waals surface area (Å²) in [5.41, 5.74) is 1.87. The Morgan fingerprint density at radius 1 is 1.19 bits per heavy atom. The molecule has 3 N–H and O–H groups in total. The van der Waals surface area contributed by atoms with Gasteiger partial charge in [0.1, 0.15) is 5.75 Å². The Labute approximate surface area is 124 Å². The van der Waals surface area contributed by atoms with Crippen LogP contribution in [0, 0.1) is 13.8 Å². The number of hydrogen-bond donors (Lipinski definition) is 2. The van der Waals surface area contributed by atoms with Crippen molar-refractivity contribution in [2.24, 2.45) is 0 Å². The van der Waals surface area contributed by atoms with Gasteiger partial charge in [0.05, 0.1) is 7.11 Å². The van der Waals surface area contributed by atoms with Gasteiger partial charge in [0.15, 0.2) is 4.90 Å². The van der Waals surface area contributed by atoms with Gasteiger partial charge >= 0.3 is 0 Å². The summed E-state index contributed by atoms with van der Waals surface area (Å²) >= 11 is 0. The lowest BCUT2D eigenvalue weighted by Crippen LogP contribution is -2.47. The molecule has 2 rings (SSSR count). The van der Waals surface area contributed by atoms with E-state index in [9.17, 15) is 8.42 Å². The van der Waals surface area contributed by atoms with Crippen LogP contribution >= 0.6 is 0 Å². The number of aryl methyl sites for hydroxylation is 2. The van der Waals surface area contributed by atoms with E-state index in [0.29, 0.717) is 17.0 Å². The third kappa shape index (κ3) is 3.25. The Morgan fingerprint density at radius 2 is 1.81 bits per heavy atom. The fourth-order valence-electron chi connectivity index (χ4n) is 1.94. The maximum absolute atomic E-state index is 12.4. The molecule has 0 saturated carbocycles. The molecule has 0 amide bonds. The molecule has 0 unspecified atom stereocenters. The van der Waals surface area contributed by atoms with E-state index in [1.54, 1.807) is 51.3 Å². The lowest BCUT2D eigenvalue weighted by molar-refractivity contribution is -0.647. The van der Waals surface area contributed by atoms with E-state index < -0.39 is 10.0 Å². The molecule has 112 valence electrons. The van der Waals surface area contributed by atoms with Crippen LogP contribution in [0.15, 0.2) is 41.4 Å². The molecular weight excluding hydrogens is 290 g/mol. The van der Waals surface area contributed by atoms with Crippen LogP contribution in [0.25, 0.3) is 0 Å². The molecule has 0 aliphatic carbocycles. The van der Waals surface area contributed by atoms with E-state index in [2.05, 4.69) is 4.72 Å². The zero-order valence-electron chi connectivity index (χ0n) is 12.1. The summed E-state index contributed by atoms with van der Waals surface area (Å²) in [6.45, 7) is 3.54. The molecule has 0 saturated heterocycles. The summed E-state index contributed by atoms with van der Waals surface area (Å²) in [5, 5.41) is 0. The SMILES string of the molecule is COc1ccc(NS(=O)(=O)c2c[n+](N)c(C)cc2C)cc1. The average Bonchev–Trinajstić information content (AvgIpc) is 2.43. The molecule has 1 aromatic heterocycles. The first-order chi connectivity index (χ1) is 9.83. The van der Waals surface area contributed by atoms with Crippen LogP contribution in [0.3, 0.4) is 0 Å². The van der Waals surface area contributed by atoms with Crippen molar-refractivity contribution in [2.75, 3.05) is 17.7 Å². The minimum Gasteiger partial charge on any atom is -0.497 e. The second kappa shape index (κ2) is 5.61. The van der Waals surface area contributed by atoms with Gasteiger partial charge < -0.3 is 4.74 Å². The molecular formula is C14H18N3O3S+. The van der Waals surface area contributed by atoms with Gasteiger partial charge in [-0.25, -0.2) is 14.3 Å². The lowest BCUT2D eigenvalue weighted by Gasteiger charge is -2.10. The summed E-state index contributed by atoms with van der Waals surface area (Å²) < 4.78 is 33.7. The average molecular weight is 308 g/mol. The van der Waals surface area contributed by atoms with Crippen molar-refractivity contribution in [2.45, 2.75) is 18.7 Å². The van der Waals surface area contributed by atoms with Crippen LogP contribution < -0.4 is 20.0 Å². The summed E-state index contributed by atoms with van der Waals surface area (Å²) in [7, 11) is -2.14. The van der Waals surface area contributed by atoms with Crippen molar-refractivity contribution in [1.29, 1.82) is 0 Å². The van der Waals surface area contributed by atoms with Gasteiger partial charge in [-0.2, -0.15) is 0 Å². The predicted octanol–water partition coefficient (Wildman–Crippen LogP) is 1.11. The van der Waals surface area contributed by atoms with Crippen LogP contribution in [0.1, 0.15) is 11.3 Å². The maximum Gasteiger partial charge on any atom is 0.268 e. The Bertz CT molecular complexity index is 756. The molecule has 0 aliphatic heterocycles. The molecule has 1 heterocycles. The summed E-state index contributed by atoms with van der Waals surface area (Å²) in [6, 6.07) is 8.36. The molecule has 0 atom stereocenters. The van der Waals surface area contributed by atoms with Crippen LogP contribution in [0.5, 0.6) is 5.75 Å².